The maximum Gasteiger partial charge on any atom is 0.268 e. The largest absolute Gasteiger partial charge is 0.378 e. The number of hydrogen-bond donors (Lipinski definition) is 1. The number of amides is 1. The van der Waals surface area contributed by atoms with Gasteiger partial charge in [-0.1, -0.05) is 29.8 Å². The van der Waals surface area contributed by atoms with Crippen molar-refractivity contribution in [1.29, 1.82) is 0 Å². The summed E-state index contributed by atoms with van der Waals surface area (Å²) in [6.45, 7) is 16.2. The van der Waals surface area contributed by atoms with E-state index >= 15 is 0 Å². The van der Waals surface area contributed by atoms with E-state index < -0.39 is 0 Å². The predicted octanol–water partition coefficient (Wildman–Crippen LogP) is 3.83. The van der Waals surface area contributed by atoms with Crippen molar-refractivity contribution < 1.29 is 9.53 Å². The molecule has 1 amide bonds. The van der Waals surface area contributed by atoms with Gasteiger partial charge in [-0.2, -0.15) is 0 Å². The minimum atomic E-state index is -0.283. The van der Waals surface area contributed by atoms with Gasteiger partial charge < -0.3 is 19.5 Å². The molecular formula is C23H33N3O2. The van der Waals surface area contributed by atoms with Crippen molar-refractivity contribution >= 4 is 11.6 Å². The summed E-state index contributed by atoms with van der Waals surface area (Å²) in [6, 6.07) is 8.49. The maximum atomic E-state index is 13.2. The quantitative estimate of drug-likeness (QED) is 0.873. The molecule has 1 aromatic carbocycles. The number of morpholine rings is 1. The first-order valence-electron chi connectivity index (χ1n) is 10.1. The van der Waals surface area contributed by atoms with Crippen LogP contribution in [-0.2, 0) is 11.3 Å². The number of ether oxygens (including phenoxy) is 1. The van der Waals surface area contributed by atoms with Crippen molar-refractivity contribution in [3.8, 4) is 0 Å². The molecule has 28 heavy (non-hydrogen) atoms. The van der Waals surface area contributed by atoms with Crippen molar-refractivity contribution in [2.24, 2.45) is 0 Å². The second-order valence-corrected chi connectivity index (χ2v) is 8.79. The zero-order chi connectivity index (χ0) is 20.5. The Kier molecular flexibility index (Phi) is 5.84. The molecule has 0 unspecified atom stereocenters. The Hall–Kier alpha value is -2.27. The van der Waals surface area contributed by atoms with Gasteiger partial charge in [0, 0.05) is 36.4 Å². The number of benzene rings is 1. The number of aryl methyl sites for hydroxylation is 1. The molecule has 2 aromatic rings. The van der Waals surface area contributed by atoms with E-state index in [0.29, 0.717) is 6.54 Å². The fourth-order valence-corrected chi connectivity index (χ4v) is 4.02. The molecule has 0 bridgehead atoms. The molecule has 1 fully saturated rings. The summed E-state index contributed by atoms with van der Waals surface area (Å²) in [4.78, 5) is 15.6. The molecule has 1 N–H and O–H groups in total. The Morgan fingerprint density at radius 3 is 2.43 bits per heavy atom. The molecular weight excluding hydrogens is 350 g/mol. The fraction of sp³-hybridized carbons (Fsp3) is 0.522. The molecule has 0 aliphatic carbocycles. The number of rotatable bonds is 4. The lowest BCUT2D eigenvalue weighted by Crippen LogP contribution is -2.41. The maximum absolute atomic E-state index is 13.2. The summed E-state index contributed by atoms with van der Waals surface area (Å²) in [6.07, 6.45) is 0. The van der Waals surface area contributed by atoms with Gasteiger partial charge in [0.1, 0.15) is 5.69 Å². The summed E-state index contributed by atoms with van der Waals surface area (Å²) in [5.41, 5.74) is 6.28. The Balaban J connectivity index is 2.07. The highest BCUT2D eigenvalue weighted by atomic mass is 16.5. The number of anilines is 1. The Morgan fingerprint density at radius 2 is 1.82 bits per heavy atom. The van der Waals surface area contributed by atoms with Crippen LogP contribution in [0.15, 0.2) is 24.3 Å². The highest BCUT2D eigenvalue weighted by Crippen LogP contribution is 2.32. The van der Waals surface area contributed by atoms with Crippen LogP contribution >= 0.6 is 0 Å². The van der Waals surface area contributed by atoms with Gasteiger partial charge in [-0.05, 0) is 47.1 Å². The lowest BCUT2D eigenvalue weighted by molar-refractivity contribution is 0.0909. The normalized spacial score (nSPS) is 15.0. The van der Waals surface area contributed by atoms with Crippen LogP contribution in [-0.4, -0.2) is 42.3 Å². The third-order valence-electron chi connectivity index (χ3n) is 5.18. The highest BCUT2D eigenvalue weighted by Gasteiger charge is 2.28. The summed E-state index contributed by atoms with van der Waals surface area (Å²) in [5, 5.41) is 3.15. The average molecular weight is 384 g/mol. The number of aromatic nitrogens is 1. The standard InChI is InChI=1S/C23H33N3O2/c1-16-8-7-9-19(14-16)15-26-18(3)20(25-10-12-28-13-11-25)17(2)21(26)22(27)24-23(4,5)6/h7-9,14H,10-13,15H2,1-6H3,(H,24,27). The van der Waals surface area contributed by atoms with Gasteiger partial charge in [-0.3, -0.25) is 4.79 Å². The second-order valence-electron chi connectivity index (χ2n) is 8.79. The zero-order valence-corrected chi connectivity index (χ0v) is 18.1. The molecule has 0 atom stereocenters. The van der Waals surface area contributed by atoms with E-state index in [1.54, 1.807) is 0 Å². The third-order valence-corrected chi connectivity index (χ3v) is 5.18. The second kappa shape index (κ2) is 8.00. The summed E-state index contributed by atoms with van der Waals surface area (Å²) in [7, 11) is 0. The lowest BCUT2D eigenvalue weighted by Gasteiger charge is -2.29. The van der Waals surface area contributed by atoms with E-state index in [-0.39, 0.29) is 11.4 Å². The number of carbonyl (C=O) groups excluding carboxylic acids is 1. The van der Waals surface area contributed by atoms with Crippen LogP contribution in [0.3, 0.4) is 0 Å². The van der Waals surface area contributed by atoms with E-state index in [4.69, 9.17) is 4.74 Å². The van der Waals surface area contributed by atoms with Gasteiger partial charge in [-0.15, -0.1) is 0 Å². The molecule has 5 nitrogen and oxygen atoms in total. The van der Waals surface area contributed by atoms with Crippen LogP contribution in [0, 0.1) is 20.8 Å². The van der Waals surface area contributed by atoms with E-state index in [1.807, 2.05) is 20.8 Å². The molecule has 2 heterocycles. The van der Waals surface area contributed by atoms with Crippen LogP contribution in [0.25, 0.3) is 0 Å². The van der Waals surface area contributed by atoms with Gasteiger partial charge in [-0.25, -0.2) is 0 Å². The van der Waals surface area contributed by atoms with Gasteiger partial charge in [0.15, 0.2) is 0 Å². The highest BCUT2D eigenvalue weighted by molar-refractivity contribution is 5.97. The lowest BCUT2D eigenvalue weighted by atomic mass is 10.1. The Morgan fingerprint density at radius 1 is 1.14 bits per heavy atom. The SMILES string of the molecule is Cc1cccc(Cn2c(C)c(N3CCOCC3)c(C)c2C(=O)NC(C)(C)C)c1. The van der Waals surface area contributed by atoms with Crippen molar-refractivity contribution in [3.63, 3.8) is 0 Å². The predicted molar refractivity (Wildman–Crippen MR) is 114 cm³/mol. The monoisotopic (exact) mass is 383 g/mol. The van der Waals surface area contributed by atoms with Crippen molar-refractivity contribution in [2.45, 2.75) is 53.6 Å². The van der Waals surface area contributed by atoms with Crippen LogP contribution in [0.2, 0.25) is 0 Å². The summed E-state index contributed by atoms with van der Waals surface area (Å²) < 4.78 is 7.71. The minimum Gasteiger partial charge on any atom is -0.378 e. The first kappa shape index (κ1) is 20.5. The number of carbonyl (C=O) groups is 1. The fourth-order valence-electron chi connectivity index (χ4n) is 4.02. The Bertz CT molecular complexity index is 855. The molecule has 1 aromatic heterocycles. The first-order chi connectivity index (χ1) is 13.2. The average Bonchev–Trinajstić information content (AvgIpc) is 2.84. The molecule has 5 heteroatoms. The van der Waals surface area contributed by atoms with Gasteiger partial charge in [0.2, 0.25) is 0 Å². The first-order valence-corrected chi connectivity index (χ1v) is 10.1. The molecule has 0 spiro atoms. The van der Waals surface area contributed by atoms with E-state index in [2.05, 4.69) is 59.8 Å². The van der Waals surface area contributed by atoms with E-state index in [1.165, 1.54) is 16.8 Å². The molecule has 152 valence electrons. The van der Waals surface area contributed by atoms with Crippen LogP contribution < -0.4 is 10.2 Å². The third kappa shape index (κ3) is 4.41. The molecule has 3 rings (SSSR count). The molecule has 1 saturated heterocycles. The smallest absolute Gasteiger partial charge is 0.268 e. The van der Waals surface area contributed by atoms with Crippen LogP contribution in [0.1, 0.15) is 53.6 Å². The zero-order valence-electron chi connectivity index (χ0n) is 18.1. The topological polar surface area (TPSA) is 46.5 Å². The van der Waals surface area contributed by atoms with Crippen molar-refractivity contribution in [3.05, 3.63) is 52.3 Å². The van der Waals surface area contributed by atoms with Crippen LogP contribution in [0.5, 0.6) is 0 Å². The molecule has 0 saturated carbocycles. The van der Waals surface area contributed by atoms with E-state index in [9.17, 15) is 4.79 Å². The van der Waals surface area contributed by atoms with E-state index in [0.717, 1.165) is 43.3 Å². The molecule has 1 aliphatic heterocycles. The minimum absolute atomic E-state index is 0.0136. The molecule has 0 radical (unpaired) electrons. The van der Waals surface area contributed by atoms with Crippen molar-refractivity contribution in [1.82, 2.24) is 9.88 Å². The van der Waals surface area contributed by atoms with Gasteiger partial charge >= 0.3 is 0 Å². The van der Waals surface area contributed by atoms with Crippen LogP contribution in [0.4, 0.5) is 5.69 Å². The van der Waals surface area contributed by atoms with Crippen molar-refractivity contribution in [2.75, 3.05) is 31.2 Å². The van der Waals surface area contributed by atoms with Gasteiger partial charge in [0.05, 0.1) is 18.9 Å². The number of nitrogens with zero attached hydrogens (tertiary/aromatic N) is 2. The number of hydrogen-bond acceptors (Lipinski definition) is 3. The molecule has 1 aliphatic rings. The number of nitrogens with one attached hydrogen (secondary N) is 1. The Labute approximate surface area is 168 Å². The summed E-state index contributed by atoms with van der Waals surface area (Å²) >= 11 is 0. The van der Waals surface area contributed by atoms with Gasteiger partial charge in [0.25, 0.3) is 5.91 Å². The summed E-state index contributed by atoms with van der Waals surface area (Å²) in [5.74, 6) is -0.0136.